The van der Waals surface area contributed by atoms with Crippen LogP contribution in [0.25, 0.3) is 11.0 Å². The molecule has 6 heteroatoms. The monoisotopic (exact) mass is 250 g/mol. The van der Waals surface area contributed by atoms with Crippen molar-refractivity contribution in [3.8, 4) is 11.5 Å². The zero-order valence-corrected chi connectivity index (χ0v) is 10.2. The van der Waals surface area contributed by atoms with Gasteiger partial charge in [-0.25, -0.2) is 4.98 Å². The zero-order chi connectivity index (χ0) is 12.0. The summed E-state index contributed by atoms with van der Waals surface area (Å²) in [5.41, 5.74) is 1.50. The van der Waals surface area contributed by atoms with Crippen LogP contribution in [0.4, 0.5) is 0 Å². The summed E-state index contributed by atoms with van der Waals surface area (Å²) in [7, 11) is 0. The first-order chi connectivity index (χ1) is 8.20. The van der Waals surface area contributed by atoms with Gasteiger partial charge in [0.25, 0.3) is 0 Å². The number of hydrogen-bond acceptors (Lipinski definition) is 5. The molecule has 0 N–H and O–H groups in total. The van der Waals surface area contributed by atoms with Crippen LogP contribution in [-0.2, 0) is 0 Å². The van der Waals surface area contributed by atoms with E-state index < -0.39 is 0 Å². The molecule has 0 saturated carbocycles. The van der Waals surface area contributed by atoms with Crippen LogP contribution < -0.4 is 9.47 Å². The van der Waals surface area contributed by atoms with Gasteiger partial charge < -0.3 is 9.47 Å². The summed E-state index contributed by atoms with van der Waals surface area (Å²) in [5, 5.41) is 0.677. The van der Waals surface area contributed by atoms with E-state index in [-0.39, 0.29) is 12.7 Å². The quantitative estimate of drug-likeness (QED) is 0.726. The van der Waals surface area contributed by atoms with E-state index >= 15 is 0 Å². The lowest BCUT2D eigenvalue weighted by Gasteiger charge is -2.02. The number of rotatable bonds is 1. The molecule has 1 aliphatic rings. The van der Waals surface area contributed by atoms with Crippen LogP contribution in [0.3, 0.4) is 0 Å². The van der Waals surface area contributed by atoms with Gasteiger partial charge in [-0.3, -0.25) is 9.36 Å². The van der Waals surface area contributed by atoms with Gasteiger partial charge in [-0.2, -0.15) is 0 Å². The molecule has 0 aliphatic carbocycles. The Hall–Kier alpha value is -1.69. The Morgan fingerprint density at radius 2 is 2.12 bits per heavy atom. The summed E-state index contributed by atoms with van der Waals surface area (Å²) in [6, 6.07) is 3.60. The molecule has 0 fully saturated rings. The fourth-order valence-corrected chi connectivity index (χ4v) is 2.49. The third-order valence-electron chi connectivity index (χ3n) is 2.62. The van der Waals surface area contributed by atoms with Gasteiger partial charge in [0.1, 0.15) is 0 Å². The second kappa shape index (κ2) is 3.66. The summed E-state index contributed by atoms with van der Waals surface area (Å²) in [6.45, 7) is 1.74. The van der Waals surface area contributed by atoms with Crippen molar-refractivity contribution in [3.05, 3.63) is 12.1 Å². The minimum absolute atomic E-state index is 0.0595. The van der Waals surface area contributed by atoms with E-state index in [1.54, 1.807) is 16.7 Å². The van der Waals surface area contributed by atoms with Gasteiger partial charge in [0.15, 0.2) is 16.7 Å². The molecule has 1 aromatic carbocycles. The molecule has 3 rings (SSSR count). The molecule has 88 valence electrons. The molecule has 0 amide bonds. The van der Waals surface area contributed by atoms with E-state index in [1.165, 1.54) is 18.7 Å². The van der Waals surface area contributed by atoms with Crippen LogP contribution in [0.15, 0.2) is 17.3 Å². The Morgan fingerprint density at radius 1 is 1.41 bits per heavy atom. The topological polar surface area (TPSA) is 53.4 Å². The first-order valence-electron chi connectivity index (χ1n) is 5.07. The highest BCUT2D eigenvalue weighted by molar-refractivity contribution is 7.98. The zero-order valence-electron chi connectivity index (χ0n) is 9.39. The first kappa shape index (κ1) is 10.5. The maximum Gasteiger partial charge on any atom is 0.231 e. The lowest BCUT2D eigenvalue weighted by atomic mass is 10.2. The van der Waals surface area contributed by atoms with E-state index in [1.807, 2.05) is 6.26 Å². The van der Waals surface area contributed by atoms with Gasteiger partial charge in [0.05, 0.1) is 11.0 Å². The fraction of sp³-hybridized carbons (Fsp3) is 0.273. The van der Waals surface area contributed by atoms with Gasteiger partial charge in [-0.05, 0) is 6.26 Å². The Balaban J connectivity index is 2.33. The first-order valence-corrected chi connectivity index (χ1v) is 6.30. The third kappa shape index (κ3) is 1.48. The maximum absolute atomic E-state index is 11.6. The molecule has 1 aromatic heterocycles. The summed E-state index contributed by atoms with van der Waals surface area (Å²) >= 11 is 1.44. The molecule has 17 heavy (non-hydrogen) atoms. The molecule has 5 nitrogen and oxygen atoms in total. The number of fused-ring (bicyclic) bond motifs is 2. The second-order valence-corrected chi connectivity index (χ2v) is 4.42. The van der Waals surface area contributed by atoms with Gasteiger partial charge in [0.2, 0.25) is 12.7 Å². The smallest absolute Gasteiger partial charge is 0.231 e. The highest BCUT2D eigenvalue weighted by Crippen LogP contribution is 2.37. The molecular weight excluding hydrogens is 240 g/mol. The van der Waals surface area contributed by atoms with Crippen molar-refractivity contribution >= 4 is 28.7 Å². The number of thioether (sulfide) groups is 1. The predicted octanol–water partition coefficient (Wildman–Crippen LogP) is 2.15. The number of imidazole rings is 1. The molecule has 0 saturated heterocycles. The molecule has 0 unspecified atom stereocenters. The van der Waals surface area contributed by atoms with Crippen LogP contribution >= 0.6 is 11.8 Å². The summed E-state index contributed by atoms with van der Waals surface area (Å²) < 4.78 is 12.2. The van der Waals surface area contributed by atoms with Crippen molar-refractivity contribution in [2.45, 2.75) is 12.1 Å². The van der Waals surface area contributed by atoms with E-state index in [0.717, 1.165) is 11.0 Å². The summed E-state index contributed by atoms with van der Waals surface area (Å²) in [6.07, 6.45) is 1.89. The van der Waals surface area contributed by atoms with Crippen molar-refractivity contribution in [2.24, 2.45) is 0 Å². The number of carbonyl (C=O) groups is 1. The van der Waals surface area contributed by atoms with Crippen LogP contribution in [0.5, 0.6) is 11.5 Å². The standard InChI is InChI=1S/C11H10N2O3S/c1-6(14)13-8-4-10-9(15-5-16-10)3-7(8)12-11(13)17-2/h3-4H,5H2,1-2H3. The lowest BCUT2D eigenvalue weighted by molar-refractivity contribution is 0.0931. The largest absolute Gasteiger partial charge is 0.454 e. The summed E-state index contributed by atoms with van der Waals surface area (Å²) in [5.74, 6) is 1.28. The number of nitrogens with zero attached hydrogens (tertiary/aromatic N) is 2. The molecule has 2 heterocycles. The van der Waals surface area contributed by atoms with Crippen molar-refractivity contribution in [2.75, 3.05) is 13.0 Å². The number of benzene rings is 1. The van der Waals surface area contributed by atoms with Crippen molar-refractivity contribution in [3.63, 3.8) is 0 Å². The minimum Gasteiger partial charge on any atom is -0.454 e. The van der Waals surface area contributed by atoms with Crippen LogP contribution in [0.2, 0.25) is 0 Å². The summed E-state index contributed by atoms with van der Waals surface area (Å²) in [4.78, 5) is 16.0. The molecule has 1 aliphatic heterocycles. The van der Waals surface area contributed by atoms with Crippen LogP contribution in [0, 0.1) is 0 Å². The molecule has 2 aromatic rings. The van der Waals surface area contributed by atoms with Crippen molar-refractivity contribution in [1.29, 1.82) is 0 Å². The van der Waals surface area contributed by atoms with E-state index in [2.05, 4.69) is 4.98 Å². The van der Waals surface area contributed by atoms with E-state index in [9.17, 15) is 4.79 Å². The van der Waals surface area contributed by atoms with Gasteiger partial charge in [-0.15, -0.1) is 0 Å². The minimum atomic E-state index is -0.0595. The van der Waals surface area contributed by atoms with Crippen LogP contribution in [0.1, 0.15) is 11.7 Å². The average Bonchev–Trinajstić information content (AvgIpc) is 2.87. The van der Waals surface area contributed by atoms with Gasteiger partial charge in [0, 0.05) is 19.1 Å². The average molecular weight is 250 g/mol. The molecule has 0 radical (unpaired) electrons. The maximum atomic E-state index is 11.6. The predicted molar refractivity (Wildman–Crippen MR) is 63.9 cm³/mol. The Bertz CT molecular complexity index is 621. The Labute approximate surface area is 102 Å². The van der Waals surface area contributed by atoms with Gasteiger partial charge >= 0.3 is 0 Å². The number of aromatic nitrogens is 2. The number of carbonyl (C=O) groups excluding carboxylic acids is 1. The third-order valence-corrected chi connectivity index (χ3v) is 3.25. The van der Waals surface area contributed by atoms with E-state index in [0.29, 0.717) is 16.7 Å². The van der Waals surface area contributed by atoms with Gasteiger partial charge in [-0.1, -0.05) is 11.8 Å². The Morgan fingerprint density at radius 3 is 2.76 bits per heavy atom. The molecule has 0 atom stereocenters. The number of hydrogen-bond donors (Lipinski definition) is 0. The normalized spacial score (nSPS) is 13.3. The Kier molecular flexibility index (Phi) is 2.25. The highest BCUT2D eigenvalue weighted by Gasteiger charge is 2.20. The molecule has 0 bridgehead atoms. The highest BCUT2D eigenvalue weighted by atomic mass is 32.2. The fourth-order valence-electron chi connectivity index (χ4n) is 1.89. The lowest BCUT2D eigenvalue weighted by Crippen LogP contribution is -2.06. The van der Waals surface area contributed by atoms with Crippen molar-refractivity contribution < 1.29 is 14.3 Å². The number of ether oxygens (including phenoxy) is 2. The van der Waals surface area contributed by atoms with Crippen LogP contribution in [-0.4, -0.2) is 28.5 Å². The van der Waals surface area contributed by atoms with Crippen molar-refractivity contribution in [1.82, 2.24) is 9.55 Å². The SMILES string of the molecule is CSc1nc2cc3c(cc2n1C(C)=O)OCO3. The molecular formula is C11H10N2O3S. The second-order valence-electron chi connectivity index (χ2n) is 3.65. The molecule has 0 spiro atoms. The van der Waals surface area contributed by atoms with E-state index in [4.69, 9.17) is 9.47 Å².